The van der Waals surface area contributed by atoms with Gasteiger partial charge in [0.1, 0.15) is 23.9 Å². The molecule has 2 heterocycles. The Hall–Kier alpha value is -3.94. The number of nitrogens with zero attached hydrogens (tertiary/aromatic N) is 3. The maximum absolute atomic E-state index is 13.0. The summed E-state index contributed by atoms with van der Waals surface area (Å²) in [4.78, 5) is 12.7. The number of rotatable bonds is 7. The molecule has 0 saturated heterocycles. The normalized spacial score (nSPS) is 10.8. The molecule has 0 fully saturated rings. The molecule has 0 atom stereocenters. The van der Waals surface area contributed by atoms with E-state index in [0.29, 0.717) is 29.4 Å². The molecule has 0 aliphatic rings. The lowest BCUT2D eigenvalue weighted by Gasteiger charge is -2.07. The summed E-state index contributed by atoms with van der Waals surface area (Å²) in [6.45, 7) is 4.33. The number of anilines is 1. The number of carbonyl (C=O) groups is 1. The van der Waals surface area contributed by atoms with Crippen molar-refractivity contribution in [2.75, 3.05) is 5.32 Å². The molecule has 158 valence electrons. The van der Waals surface area contributed by atoms with Gasteiger partial charge < -0.3 is 14.6 Å². The van der Waals surface area contributed by atoms with E-state index < -0.39 is 5.91 Å². The summed E-state index contributed by atoms with van der Waals surface area (Å²) >= 11 is 0. The number of aryl methyl sites for hydroxylation is 2. The Morgan fingerprint density at radius 1 is 1.10 bits per heavy atom. The Morgan fingerprint density at radius 2 is 1.84 bits per heavy atom. The van der Waals surface area contributed by atoms with Crippen LogP contribution in [0.15, 0.2) is 65.3 Å². The quantitative estimate of drug-likeness (QED) is 0.476. The first-order valence-electron chi connectivity index (χ1n) is 9.72. The van der Waals surface area contributed by atoms with Crippen LogP contribution in [0, 0.1) is 19.7 Å². The van der Waals surface area contributed by atoms with Crippen LogP contribution in [0.5, 0.6) is 5.75 Å². The predicted octanol–water partition coefficient (Wildman–Crippen LogP) is 4.51. The zero-order valence-corrected chi connectivity index (χ0v) is 17.1. The van der Waals surface area contributed by atoms with Crippen LogP contribution in [-0.2, 0) is 13.2 Å². The number of halogens is 1. The number of amides is 1. The number of hydrogen-bond donors (Lipinski definition) is 1. The number of ether oxygens (including phenoxy) is 1. The summed E-state index contributed by atoms with van der Waals surface area (Å²) in [6.07, 6.45) is 1.73. The van der Waals surface area contributed by atoms with Crippen LogP contribution in [-0.4, -0.2) is 20.8 Å². The predicted molar refractivity (Wildman–Crippen MR) is 112 cm³/mol. The smallest absolute Gasteiger partial charge is 0.279 e. The van der Waals surface area contributed by atoms with E-state index >= 15 is 0 Å². The Balaban J connectivity index is 1.41. The minimum Gasteiger partial charge on any atom is -0.489 e. The molecular weight excluding hydrogens is 399 g/mol. The van der Waals surface area contributed by atoms with E-state index in [-0.39, 0.29) is 18.1 Å². The first-order chi connectivity index (χ1) is 15.0. The van der Waals surface area contributed by atoms with E-state index in [1.807, 2.05) is 31.2 Å². The summed E-state index contributed by atoms with van der Waals surface area (Å²) in [7, 11) is 0. The maximum atomic E-state index is 13.0. The van der Waals surface area contributed by atoms with Crippen LogP contribution in [0.25, 0.3) is 0 Å². The van der Waals surface area contributed by atoms with Gasteiger partial charge in [-0.2, -0.15) is 5.10 Å². The van der Waals surface area contributed by atoms with E-state index in [4.69, 9.17) is 9.26 Å². The lowest BCUT2D eigenvalue weighted by atomic mass is 10.2. The average Bonchev–Trinajstić information content (AvgIpc) is 3.35. The van der Waals surface area contributed by atoms with E-state index in [2.05, 4.69) is 15.6 Å². The lowest BCUT2D eigenvalue weighted by molar-refractivity contribution is 0.101. The van der Waals surface area contributed by atoms with Crippen molar-refractivity contribution in [2.45, 2.75) is 27.0 Å². The molecule has 2 aromatic carbocycles. The molecular formula is C23H21FN4O3. The summed E-state index contributed by atoms with van der Waals surface area (Å²) in [5.74, 6) is 0.850. The number of carbonyl (C=O) groups excluding carboxylic acids is 1. The third-order valence-electron chi connectivity index (χ3n) is 4.74. The molecule has 2 aromatic heterocycles. The molecule has 8 heteroatoms. The van der Waals surface area contributed by atoms with Crippen molar-refractivity contribution in [1.29, 1.82) is 0 Å². The third-order valence-corrected chi connectivity index (χ3v) is 4.74. The molecule has 4 aromatic rings. The van der Waals surface area contributed by atoms with Crippen LogP contribution < -0.4 is 10.1 Å². The van der Waals surface area contributed by atoms with Gasteiger partial charge in [-0.05, 0) is 43.7 Å². The fraction of sp³-hybridized carbons (Fsp3) is 0.174. The fourth-order valence-electron chi connectivity index (χ4n) is 3.00. The molecule has 0 unspecified atom stereocenters. The van der Waals surface area contributed by atoms with Crippen molar-refractivity contribution >= 4 is 11.7 Å². The fourth-order valence-corrected chi connectivity index (χ4v) is 3.00. The van der Waals surface area contributed by atoms with Gasteiger partial charge in [-0.15, -0.1) is 0 Å². The zero-order valence-electron chi connectivity index (χ0n) is 17.1. The highest BCUT2D eigenvalue weighted by molar-refractivity contribution is 6.03. The second-order valence-electron chi connectivity index (χ2n) is 7.15. The Kier molecular flexibility index (Phi) is 5.79. The van der Waals surface area contributed by atoms with Gasteiger partial charge in [0.25, 0.3) is 5.91 Å². The first kappa shape index (κ1) is 20.3. The van der Waals surface area contributed by atoms with Crippen molar-refractivity contribution in [3.63, 3.8) is 0 Å². The van der Waals surface area contributed by atoms with Gasteiger partial charge in [0.2, 0.25) is 0 Å². The second kappa shape index (κ2) is 8.83. The van der Waals surface area contributed by atoms with E-state index in [1.165, 1.54) is 12.1 Å². The van der Waals surface area contributed by atoms with Gasteiger partial charge in [0.05, 0.1) is 12.1 Å². The molecule has 0 aliphatic carbocycles. The summed E-state index contributed by atoms with van der Waals surface area (Å²) in [5, 5.41) is 10.9. The number of hydrogen-bond acceptors (Lipinski definition) is 5. The molecule has 7 nitrogen and oxygen atoms in total. The van der Waals surface area contributed by atoms with Gasteiger partial charge in [-0.1, -0.05) is 35.0 Å². The van der Waals surface area contributed by atoms with Crippen molar-refractivity contribution in [1.82, 2.24) is 14.9 Å². The Morgan fingerprint density at radius 3 is 2.58 bits per heavy atom. The van der Waals surface area contributed by atoms with Crippen LogP contribution in [0.1, 0.15) is 32.9 Å². The van der Waals surface area contributed by atoms with Crippen LogP contribution >= 0.6 is 0 Å². The number of benzene rings is 2. The Bertz CT molecular complexity index is 1180. The molecule has 1 N–H and O–H groups in total. The topological polar surface area (TPSA) is 82.2 Å². The summed E-state index contributed by atoms with van der Waals surface area (Å²) < 4.78 is 25.7. The highest BCUT2D eigenvalue weighted by Crippen LogP contribution is 2.19. The van der Waals surface area contributed by atoms with E-state index in [9.17, 15) is 9.18 Å². The van der Waals surface area contributed by atoms with Crippen molar-refractivity contribution in [3.8, 4) is 5.75 Å². The molecule has 4 rings (SSSR count). The van der Waals surface area contributed by atoms with E-state index in [0.717, 1.165) is 11.1 Å². The zero-order chi connectivity index (χ0) is 21.8. The maximum Gasteiger partial charge on any atom is 0.279 e. The molecule has 31 heavy (non-hydrogen) atoms. The highest BCUT2D eigenvalue weighted by Gasteiger charge is 2.21. The SMILES string of the molecule is Cc1ccc(OCc2c(C(=O)Nc3ccn(Cc4ccc(F)cc4)n3)noc2C)cc1. The molecule has 0 saturated carbocycles. The van der Waals surface area contributed by atoms with Crippen LogP contribution in [0.2, 0.25) is 0 Å². The summed E-state index contributed by atoms with van der Waals surface area (Å²) in [6, 6.07) is 15.5. The third kappa shape index (κ3) is 4.98. The molecule has 1 amide bonds. The van der Waals surface area contributed by atoms with Crippen LogP contribution in [0.4, 0.5) is 10.2 Å². The second-order valence-corrected chi connectivity index (χ2v) is 7.15. The highest BCUT2D eigenvalue weighted by atomic mass is 19.1. The average molecular weight is 420 g/mol. The number of nitrogens with one attached hydrogen (secondary N) is 1. The molecule has 0 spiro atoms. The largest absolute Gasteiger partial charge is 0.489 e. The monoisotopic (exact) mass is 420 g/mol. The molecule has 0 bridgehead atoms. The minimum atomic E-state index is -0.439. The van der Waals surface area contributed by atoms with E-state index in [1.54, 1.807) is 36.0 Å². The van der Waals surface area contributed by atoms with Crippen molar-refractivity contribution in [2.24, 2.45) is 0 Å². The van der Waals surface area contributed by atoms with Gasteiger partial charge in [-0.3, -0.25) is 9.48 Å². The van der Waals surface area contributed by atoms with Crippen molar-refractivity contribution < 1.29 is 18.4 Å². The Labute approximate surface area is 178 Å². The molecule has 0 radical (unpaired) electrons. The van der Waals surface area contributed by atoms with Gasteiger partial charge in [0.15, 0.2) is 11.5 Å². The minimum absolute atomic E-state index is 0.151. The van der Waals surface area contributed by atoms with Crippen molar-refractivity contribution in [3.05, 3.63) is 94.8 Å². The standard InChI is InChI=1S/C23H21FN4O3/c1-15-3-9-19(10-4-15)30-14-20-16(2)31-27-22(20)23(29)25-21-11-12-28(26-21)13-17-5-7-18(24)8-6-17/h3-12H,13-14H2,1-2H3,(H,25,26,29). The van der Waals surface area contributed by atoms with Crippen LogP contribution in [0.3, 0.4) is 0 Å². The lowest BCUT2D eigenvalue weighted by Crippen LogP contribution is -2.16. The summed E-state index contributed by atoms with van der Waals surface area (Å²) in [5.41, 5.74) is 2.75. The molecule has 0 aliphatic heterocycles. The first-order valence-corrected chi connectivity index (χ1v) is 9.72. The van der Waals surface area contributed by atoms with Gasteiger partial charge in [0, 0.05) is 12.3 Å². The number of aromatic nitrogens is 3. The van der Waals surface area contributed by atoms with Gasteiger partial charge in [-0.25, -0.2) is 4.39 Å². The van der Waals surface area contributed by atoms with Gasteiger partial charge >= 0.3 is 0 Å².